The third-order valence-corrected chi connectivity index (χ3v) is 4.77. The maximum Gasteiger partial charge on any atom is 0.347 e. The zero-order valence-corrected chi connectivity index (χ0v) is 19.1. The van der Waals surface area contributed by atoms with E-state index in [9.17, 15) is 54.9 Å². The van der Waals surface area contributed by atoms with E-state index in [1.54, 1.807) is 0 Å². The first-order valence-corrected chi connectivity index (χ1v) is 10.4. The molecule has 0 fully saturated rings. The number of esters is 2. The Morgan fingerprint density at radius 3 is 1.50 bits per heavy atom. The van der Waals surface area contributed by atoms with Gasteiger partial charge in [0, 0.05) is 12.2 Å². The lowest BCUT2D eigenvalue weighted by molar-refractivity contribution is -0.190. The minimum atomic E-state index is -2.64. The zero-order valence-electron chi connectivity index (χ0n) is 19.1. The molecular weight excluding hydrogens is 512 g/mol. The van der Waals surface area contributed by atoms with Crippen LogP contribution in [0, 0.1) is 0 Å². The lowest BCUT2D eigenvalue weighted by Gasteiger charge is -2.28. The Morgan fingerprint density at radius 2 is 1.11 bits per heavy atom. The normalized spacial score (nSPS) is 14.5. The molecule has 0 unspecified atom stereocenters. The van der Waals surface area contributed by atoms with Gasteiger partial charge in [0.2, 0.25) is 6.10 Å². The number of carbonyl (C=O) groups is 4. The molecule has 202 valence electrons. The van der Waals surface area contributed by atoms with E-state index in [1.165, 1.54) is 12.1 Å². The summed E-state index contributed by atoms with van der Waals surface area (Å²) in [6, 6.07) is 6.90. The van der Waals surface area contributed by atoms with Crippen LogP contribution in [-0.2, 0) is 28.7 Å². The number of aliphatic carboxylic acids is 2. The van der Waals surface area contributed by atoms with Crippen molar-refractivity contribution in [1.82, 2.24) is 0 Å². The molecule has 14 nitrogen and oxygen atoms in total. The fourth-order valence-corrected chi connectivity index (χ4v) is 2.85. The Bertz CT molecular complexity index is 1260. The second-order valence-corrected chi connectivity index (χ2v) is 7.53. The van der Waals surface area contributed by atoms with Gasteiger partial charge in [-0.05, 0) is 47.5 Å². The van der Waals surface area contributed by atoms with Gasteiger partial charge in [0.05, 0.1) is 0 Å². The van der Waals surface area contributed by atoms with Crippen LogP contribution in [0.1, 0.15) is 11.1 Å². The molecule has 0 aliphatic heterocycles. The van der Waals surface area contributed by atoms with Crippen molar-refractivity contribution in [2.24, 2.45) is 0 Å². The van der Waals surface area contributed by atoms with E-state index in [-0.39, 0.29) is 11.1 Å². The van der Waals surface area contributed by atoms with Crippen LogP contribution in [0.25, 0.3) is 12.2 Å². The van der Waals surface area contributed by atoms with Crippen molar-refractivity contribution in [3.05, 3.63) is 59.7 Å². The minimum Gasteiger partial charge on any atom is -0.504 e. The molecule has 14 heteroatoms. The number of ether oxygens (including phenoxy) is 2. The van der Waals surface area contributed by atoms with Gasteiger partial charge < -0.3 is 50.3 Å². The van der Waals surface area contributed by atoms with E-state index in [0.29, 0.717) is 12.2 Å². The van der Waals surface area contributed by atoms with Crippen molar-refractivity contribution < 1.29 is 69.5 Å². The molecule has 8 N–H and O–H groups in total. The van der Waals surface area contributed by atoms with Gasteiger partial charge in [0.25, 0.3) is 0 Å². The Kier molecular flexibility index (Phi) is 9.78. The molecule has 0 aromatic heterocycles. The number of aliphatic hydroxyl groups is 2. The molecule has 4 atom stereocenters. The number of carboxylic acid groups (broad SMARTS) is 2. The van der Waals surface area contributed by atoms with E-state index in [0.717, 1.165) is 36.4 Å². The molecule has 0 heterocycles. The molecule has 2 aromatic carbocycles. The lowest BCUT2D eigenvalue weighted by Crippen LogP contribution is -2.53. The summed E-state index contributed by atoms with van der Waals surface area (Å²) in [6.07, 6.45) is -6.65. The van der Waals surface area contributed by atoms with Crippen molar-refractivity contribution in [1.29, 1.82) is 0 Å². The van der Waals surface area contributed by atoms with E-state index >= 15 is 0 Å². The van der Waals surface area contributed by atoms with Gasteiger partial charge in [0.15, 0.2) is 35.2 Å². The van der Waals surface area contributed by atoms with Crippen molar-refractivity contribution >= 4 is 36.0 Å². The lowest BCUT2D eigenvalue weighted by atomic mass is 10.0. The molecule has 0 aliphatic rings. The largest absolute Gasteiger partial charge is 0.504 e. The second kappa shape index (κ2) is 12.8. The van der Waals surface area contributed by atoms with Crippen LogP contribution in [0.5, 0.6) is 23.0 Å². The second-order valence-electron chi connectivity index (χ2n) is 7.53. The highest BCUT2D eigenvalue weighted by atomic mass is 16.6. The number of aliphatic hydroxyl groups excluding tert-OH is 2. The first-order chi connectivity index (χ1) is 17.8. The standard InChI is InChI=1S/C24H22O14/c25-13-5-1-11(9-15(13)27)3-7-17(29)37-21(20(32)23(33)34)19(31)22(24(35)36)38-18(30)8-4-12-2-6-14(26)16(28)10-12/h1-10,19-22,25-28,31-32H,(H,33,34)(H,35,36)/t19-,20+,21+,22-/m1/s1. The van der Waals surface area contributed by atoms with Gasteiger partial charge in [-0.2, -0.15) is 0 Å². The number of phenols is 4. The average Bonchev–Trinajstić information content (AvgIpc) is 2.86. The Morgan fingerprint density at radius 1 is 0.658 bits per heavy atom. The highest BCUT2D eigenvalue weighted by Gasteiger charge is 2.44. The summed E-state index contributed by atoms with van der Waals surface area (Å²) in [7, 11) is 0. The fraction of sp³-hybridized carbons (Fsp3) is 0.167. The van der Waals surface area contributed by atoms with Crippen LogP contribution in [0.2, 0.25) is 0 Å². The zero-order chi connectivity index (χ0) is 28.6. The SMILES string of the molecule is O=C(C=Cc1ccc(O)c(O)c1)O[C@@H]([C@@H](O)[C@@H](OC(=O)C=Cc1ccc(O)c(O)c1)C(=O)O)[C@H](O)C(=O)O. The molecule has 0 bridgehead atoms. The molecule has 0 amide bonds. The van der Waals surface area contributed by atoms with Crippen LogP contribution in [0.4, 0.5) is 0 Å². The van der Waals surface area contributed by atoms with Gasteiger partial charge in [-0.15, -0.1) is 0 Å². The van der Waals surface area contributed by atoms with Gasteiger partial charge in [-0.3, -0.25) is 0 Å². The molecule has 2 rings (SSSR count). The van der Waals surface area contributed by atoms with E-state index in [1.807, 2.05) is 0 Å². The van der Waals surface area contributed by atoms with E-state index in [4.69, 9.17) is 9.84 Å². The molecule has 0 spiro atoms. The van der Waals surface area contributed by atoms with Crippen LogP contribution < -0.4 is 0 Å². The van der Waals surface area contributed by atoms with Gasteiger partial charge in [-0.25, -0.2) is 19.2 Å². The number of hydrogen-bond acceptors (Lipinski definition) is 12. The molecule has 0 aliphatic carbocycles. The van der Waals surface area contributed by atoms with Crippen LogP contribution in [0.3, 0.4) is 0 Å². The average molecular weight is 534 g/mol. The first-order valence-electron chi connectivity index (χ1n) is 10.4. The maximum absolute atomic E-state index is 12.2. The minimum absolute atomic E-state index is 0.180. The maximum atomic E-state index is 12.2. The third-order valence-electron chi connectivity index (χ3n) is 4.77. The summed E-state index contributed by atoms with van der Waals surface area (Å²) in [5, 5.41) is 76.4. The number of carboxylic acids is 2. The molecule has 2 aromatic rings. The van der Waals surface area contributed by atoms with Crippen molar-refractivity contribution in [3.63, 3.8) is 0 Å². The van der Waals surface area contributed by atoms with Crippen LogP contribution >= 0.6 is 0 Å². The Balaban J connectivity index is 2.20. The molecule has 0 saturated heterocycles. The van der Waals surface area contributed by atoms with Gasteiger partial charge in [-0.1, -0.05) is 12.1 Å². The molecular formula is C24H22O14. The molecule has 38 heavy (non-hydrogen) atoms. The monoisotopic (exact) mass is 534 g/mol. The Hall–Kier alpha value is -5.08. The fourth-order valence-electron chi connectivity index (χ4n) is 2.85. The predicted octanol–water partition coefficient (Wildman–Crippen LogP) is -0.0498. The summed E-state index contributed by atoms with van der Waals surface area (Å²) in [5.41, 5.74) is 0.366. The van der Waals surface area contributed by atoms with Crippen molar-refractivity contribution in [2.45, 2.75) is 24.4 Å². The number of hydrogen-bond donors (Lipinski definition) is 8. The summed E-state index contributed by atoms with van der Waals surface area (Å²) in [4.78, 5) is 47.2. The van der Waals surface area contributed by atoms with Crippen LogP contribution in [-0.4, -0.2) is 89.1 Å². The topological polar surface area (TPSA) is 249 Å². The highest BCUT2D eigenvalue weighted by Crippen LogP contribution is 2.26. The third kappa shape index (κ3) is 7.97. The predicted molar refractivity (Wildman–Crippen MR) is 125 cm³/mol. The first kappa shape index (κ1) is 29.2. The quantitative estimate of drug-likeness (QED) is 0.107. The summed E-state index contributed by atoms with van der Waals surface area (Å²) < 4.78 is 9.38. The van der Waals surface area contributed by atoms with Gasteiger partial charge >= 0.3 is 23.9 Å². The number of rotatable bonds is 11. The summed E-state index contributed by atoms with van der Waals surface area (Å²) >= 11 is 0. The number of carbonyl (C=O) groups excluding carboxylic acids is 2. The van der Waals surface area contributed by atoms with Gasteiger partial charge in [0.1, 0.15) is 6.10 Å². The van der Waals surface area contributed by atoms with E-state index < -0.39 is 71.3 Å². The van der Waals surface area contributed by atoms with Crippen molar-refractivity contribution in [2.75, 3.05) is 0 Å². The summed E-state index contributed by atoms with van der Waals surface area (Å²) in [5.74, 6) is -8.60. The number of phenolic OH excluding ortho intramolecular Hbond substituents is 4. The van der Waals surface area contributed by atoms with Crippen molar-refractivity contribution in [3.8, 4) is 23.0 Å². The number of benzene rings is 2. The summed E-state index contributed by atoms with van der Waals surface area (Å²) in [6.45, 7) is 0. The highest BCUT2D eigenvalue weighted by molar-refractivity contribution is 5.90. The Labute approximate surface area is 213 Å². The van der Waals surface area contributed by atoms with Crippen LogP contribution in [0.15, 0.2) is 48.6 Å². The molecule has 0 radical (unpaired) electrons. The van der Waals surface area contributed by atoms with E-state index in [2.05, 4.69) is 4.74 Å². The smallest absolute Gasteiger partial charge is 0.347 e. The molecule has 0 saturated carbocycles. The number of aromatic hydroxyl groups is 4.